The molecule has 0 saturated carbocycles. The molecule has 1 aliphatic rings. The molecule has 0 spiro atoms. The number of nitrogens with zero attached hydrogens (tertiary/aromatic N) is 2. The van der Waals surface area contributed by atoms with Crippen LogP contribution in [0.25, 0.3) is 11.3 Å². The van der Waals surface area contributed by atoms with Crippen molar-refractivity contribution in [3.63, 3.8) is 0 Å². The second kappa shape index (κ2) is 7.10. The lowest BCUT2D eigenvalue weighted by Crippen LogP contribution is -2.22. The number of carboxylic acid groups (broad SMARTS) is 2. The largest absolute Gasteiger partial charge is 0.478 e. The highest BCUT2D eigenvalue weighted by atomic mass is 32.2. The van der Waals surface area contributed by atoms with Gasteiger partial charge in [0.05, 0.1) is 23.1 Å². The molecule has 10 heteroatoms. The predicted octanol–water partition coefficient (Wildman–Crippen LogP) is 2.54. The topological polar surface area (TPSA) is 120 Å². The van der Waals surface area contributed by atoms with E-state index in [9.17, 15) is 14.4 Å². The fourth-order valence-electron chi connectivity index (χ4n) is 2.17. The van der Waals surface area contributed by atoms with Crippen molar-refractivity contribution < 1.29 is 29.0 Å². The minimum Gasteiger partial charge on any atom is -0.478 e. The average Bonchev–Trinajstić information content (AvgIpc) is 3.20. The first kappa shape index (κ1) is 17.8. The highest BCUT2D eigenvalue weighted by molar-refractivity contribution is 8.23. The van der Waals surface area contributed by atoms with Gasteiger partial charge in [-0.05, 0) is 30.3 Å². The van der Waals surface area contributed by atoms with Gasteiger partial charge in [-0.2, -0.15) is 10.1 Å². The summed E-state index contributed by atoms with van der Waals surface area (Å²) in [4.78, 5) is 34.0. The molecule has 1 aromatic heterocycles. The van der Waals surface area contributed by atoms with Gasteiger partial charge in [0.2, 0.25) is 0 Å². The summed E-state index contributed by atoms with van der Waals surface area (Å²) in [5.41, 5.74) is -0.0432. The van der Waals surface area contributed by atoms with Gasteiger partial charge in [0, 0.05) is 5.56 Å². The molecule has 0 radical (unpaired) electrons. The molecule has 1 amide bonds. The molecule has 2 N–H and O–H groups in total. The van der Waals surface area contributed by atoms with Crippen LogP contribution in [-0.2, 0) is 4.79 Å². The molecular formula is C16H10N2O6S2. The Balaban J connectivity index is 1.90. The second-order valence-electron chi connectivity index (χ2n) is 5.12. The average molecular weight is 390 g/mol. The van der Waals surface area contributed by atoms with E-state index >= 15 is 0 Å². The molecule has 0 unspecified atom stereocenters. The van der Waals surface area contributed by atoms with Crippen LogP contribution in [0.15, 0.2) is 39.9 Å². The Labute approximate surface area is 156 Å². The molecule has 132 valence electrons. The quantitative estimate of drug-likeness (QED) is 0.590. The maximum absolute atomic E-state index is 11.6. The van der Waals surface area contributed by atoms with E-state index in [-0.39, 0.29) is 28.5 Å². The number of carboxylic acids is 2. The van der Waals surface area contributed by atoms with E-state index in [0.29, 0.717) is 15.6 Å². The van der Waals surface area contributed by atoms with Crippen molar-refractivity contribution in [2.75, 3.05) is 5.75 Å². The van der Waals surface area contributed by atoms with Crippen LogP contribution in [0.5, 0.6) is 0 Å². The first-order valence-electron chi connectivity index (χ1n) is 7.11. The first-order chi connectivity index (χ1) is 12.3. The number of aromatic carboxylic acids is 2. The molecule has 1 aromatic carbocycles. The summed E-state index contributed by atoms with van der Waals surface area (Å²) in [6, 6.07) is 6.79. The van der Waals surface area contributed by atoms with E-state index < -0.39 is 11.9 Å². The number of carbonyl (C=O) groups excluding carboxylic acids is 1. The third-order valence-electron chi connectivity index (χ3n) is 3.37. The molecule has 1 fully saturated rings. The monoisotopic (exact) mass is 390 g/mol. The Hall–Kier alpha value is -2.98. The molecule has 0 atom stereocenters. The zero-order valence-corrected chi connectivity index (χ0v) is 14.5. The van der Waals surface area contributed by atoms with Crippen LogP contribution in [0.2, 0.25) is 0 Å². The van der Waals surface area contributed by atoms with Crippen LogP contribution < -0.4 is 0 Å². The van der Waals surface area contributed by atoms with Crippen LogP contribution in [-0.4, -0.2) is 49.4 Å². The molecule has 2 heterocycles. The number of rotatable bonds is 5. The van der Waals surface area contributed by atoms with Crippen molar-refractivity contribution in [2.24, 2.45) is 5.10 Å². The van der Waals surface area contributed by atoms with E-state index in [1.165, 1.54) is 30.1 Å². The number of hydrogen-bond donors (Lipinski definition) is 2. The summed E-state index contributed by atoms with van der Waals surface area (Å²) in [5, 5.41) is 23.3. The number of benzene rings is 1. The van der Waals surface area contributed by atoms with Crippen molar-refractivity contribution in [1.82, 2.24) is 5.01 Å². The molecule has 8 nitrogen and oxygen atoms in total. The number of carbonyl (C=O) groups is 3. The van der Waals surface area contributed by atoms with E-state index in [2.05, 4.69) is 5.10 Å². The summed E-state index contributed by atoms with van der Waals surface area (Å²) in [6.45, 7) is 0. The molecule has 3 rings (SSSR count). The van der Waals surface area contributed by atoms with Gasteiger partial charge in [0.25, 0.3) is 5.91 Å². The molecular weight excluding hydrogens is 380 g/mol. The lowest BCUT2D eigenvalue weighted by molar-refractivity contribution is -0.124. The van der Waals surface area contributed by atoms with Gasteiger partial charge in [-0.25, -0.2) is 9.59 Å². The third kappa shape index (κ3) is 3.65. The number of thiocarbonyl (C=S) groups is 1. The number of furan rings is 1. The fraction of sp³-hybridized carbons (Fsp3) is 0.0625. The number of hydrogen-bond acceptors (Lipinski definition) is 7. The number of amides is 1. The molecule has 0 bridgehead atoms. The van der Waals surface area contributed by atoms with Crippen molar-refractivity contribution in [3.05, 3.63) is 47.2 Å². The van der Waals surface area contributed by atoms with Gasteiger partial charge in [-0.3, -0.25) is 4.79 Å². The smallest absolute Gasteiger partial charge is 0.335 e. The molecule has 0 aliphatic carbocycles. The zero-order chi connectivity index (χ0) is 18.8. The normalized spacial score (nSPS) is 14.4. The van der Waals surface area contributed by atoms with E-state index in [1.807, 2.05) is 0 Å². The molecule has 2 aromatic rings. The van der Waals surface area contributed by atoms with Gasteiger partial charge in [-0.15, -0.1) is 0 Å². The molecule has 26 heavy (non-hydrogen) atoms. The minimum atomic E-state index is -1.25. The Morgan fingerprint density at radius 2 is 1.85 bits per heavy atom. The molecule has 1 aliphatic heterocycles. The number of hydrazone groups is 1. The summed E-state index contributed by atoms with van der Waals surface area (Å²) in [5.74, 6) is -1.93. The van der Waals surface area contributed by atoms with Crippen LogP contribution in [0.1, 0.15) is 26.5 Å². The van der Waals surface area contributed by atoms with Crippen LogP contribution in [0.3, 0.4) is 0 Å². The SMILES string of the molecule is O=C(O)c1cc(C(=O)O)cc(-c2ccc(/C=N/N3C(=O)CSC3=S)o2)c1. The minimum absolute atomic E-state index is 0.170. The van der Waals surface area contributed by atoms with Crippen LogP contribution in [0.4, 0.5) is 0 Å². The number of thioether (sulfide) groups is 1. The third-order valence-corrected chi connectivity index (χ3v) is 4.70. The van der Waals surface area contributed by atoms with Crippen molar-refractivity contribution in [3.8, 4) is 11.3 Å². The fourth-order valence-corrected chi connectivity index (χ4v) is 3.13. The van der Waals surface area contributed by atoms with Crippen molar-refractivity contribution >= 4 is 52.4 Å². The maximum atomic E-state index is 11.6. The predicted molar refractivity (Wildman–Crippen MR) is 97.6 cm³/mol. The van der Waals surface area contributed by atoms with Crippen LogP contribution in [0, 0.1) is 0 Å². The highest BCUT2D eigenvalue weighted by Crippen LogP contribution is 2.25. The second-order valence-corrected chi connectivity index (χ2v) is 6.73. The van der Waals surface area contributed by atoms with Crippen molar-refractivity contribution in [2.45, 2.75) is 0 Å². The Morgan fingerprint density at radius 1 is 1.19 bits per heavy atom. The highest BCUT2D eigenvalue weighted by Gasteiger charge is 2.26. The van der Waals surface area contributed by atoms with Gasteiger partial charge in [-0.1, -0.05) is 24.0 Å². The zero-order valence-electron chi connectivity index (χ0n) is 12.9. The van der Waals surface area contributed by atoms with E-state index in [0.717, 1.165) is 11.1 Å². The summed E-state index contributed by atoms with van der Waals surface area (Å²) >= 11 is 6.22. The molecule has 1 saturated heterocycles. The van der Waals surface area contributed by atoms with Gasteiger partial charge < -0.3 is 14.6 Å². The maximum Gasteiger partial charge on any atom is 0.335 e. The van der Waals surface area contributed by atoms with Gasteiger partial charge >= 0.3 is 11.9 Å². The Morgan fingerprint density at radius 3 is 2.38 bits per heavy atom. The standard InChI is InChI=1S/C16H10N2O6S2/c19-13-7-26-16(25)18(13)17-6-11-1-2-12(24-11)8-3-9(14(20)21)5-10(4-8)15(22)23/h1-6H,7H2,(H,20,21)(H,22,23)/b17-6+. The summed E-state index contributed by atoms with van der Waals surface area (Å²) in [7, 11) is 0. The Bertz CT molecular complexity index is 917. The van der Waals surface area contributed by atoms with Crippen LogP contribution >= 0.6 is 24.0 Å². The lowest BCUT2D eigenvalue weighted by atomic mass is 10.0. The van der Waals surface area contributed by atoms with E-state index in [1.54, 1.807) is 12.1 Å². The summed E-state index contributed by atoms with van der Waals surface area (Å²) in [6.07, 6.45) is 1.30. The van der Waals surface area contributed by atoms with Gasteiger partial charge in [0.15, 0.2) is 4.32 Å². The first-order valence-corrected chi connectivity index (χ1v) is 8.50. The Kier molecular flexibility index (Phi) is 4.87. The van der Waals surface area contributed by atoms with Gasteiger partial charge in [0.1, 0.15) is 11.5 Å². The van der Waals surface area contributed by atoms with E-state index in [4.69, 9.17) is 26.8 Å². The lowest BCUT2D eigenvalue weighted by Gasteiger charge is -2.05. The van der Waals surface area contributed by atoms with Crippen molar-refractivity contribution in [1.29, 1.82) is 0 Å². The summed E-state index contributed by atoms with van der Waals surface area (Å²) < 4.78 is 5.89.